The third-order valence-electron chi connectivity index (χ3n) is 3.77. The van der Waals surface area contributed by atoms with Gasteiger partial charge in [-0.25, -0.2) is 9.78 Å². The van der Waals surface area contributed by atoms with Crippen LogP contribution in [0.15, 0.2) is 24.0 Å². The van der Waals surface area contributed by atoms with E-state index >= 15 is 0 Å². The summed E-state index contributed by atoms with van der Waals surface area (Å²) in [5.41, 5.74) is 1.89. The van der Waals surface area contributed by atoms with E-state index < -0.39 is 0 Å². The van der Waals surface area contributed by atoms with Gasteiger partial charge in [-0.15, -0.1) is 11.3 Å². The number of hydrogen-bond donors (Lipinski definition) is 0. The number of imidazole rings is 1. The van der Waals surface area contributed by atoms with E-state index in [4.69, 9.17) is 4.74 Å². The number of aromatic nitrogens is 2. The summed E-state index contributed by atoms with van der Waals surface area (Å²) < 4.78 is 6.78. The van der Waals surface area contributed by atoms with Crippen molar-refractivity contribution in [1.82, 2.24) is 9.55 Å². The standard InChI is InChI=1S/C14H16N2O2S/c1-14(2)6-11-9(4-5-19-11)12(14)16-8-15-7-10(16)13(17)18-3/h4-5,7-8,12H,6H2,1-3H3. The molecule has 0 aromatic carbocycles. The number of rotatable bonds is 2. The second kappa shape index (κ2) is 4.20. The molecule has 0 saturated heterocycles. The number of thiophene rings is 1. The van der Waals surface area contributed by atoms with Crippen LogP contribution in [0.2, 0.25) is 0 Å². The molecule has 5 heteroatoms. The predicted molar refractivity (Wildman–Crippen MR) is 73.5 cm³/mol. The maximum atomic E-state index is 11.8. The molecule has 1 atom stereocenters. The van der Waals surface area contributed by atoms with E-state index in [-0.39, 0.29) is 17.4 Å². The highest BCUT2D eigenvalue weighted by atomic mass is 32.1. The molecular formula is C14H16N2O2S. The Balaban J connectivity index is 2.12. The fourth-order valence-corrected chi connectivity index (χ4v) is 4.12. The Morgan fingerprint density at radius 3 is 3.11 bits per heavy atom. The number of fused-ring (bicyclic) bond motifs is 1. The molecule has 0 N–H and O–H groups in total. The van der Waals surface area contributed by atoms with E-state index in [9.17, 15) is 4.79 Å². The largest absolute Gasteiger partial charge is 0.464 e. The van der Waals surface area contributed by atoms with Crippen molar-refractivity contribution in [3.05, 3.63) is 40.1 Å². The van der Waals surface area contributed by atoms with Crippen LogP contribution >= 0.6 is 11.3 Å². The number of hydrogen-bond acceptors (Lipinski definition) is 4. The lowest BCUT2D eigenvalue weighted by atomic mass is 9.85. The van der Waals surface area contributed by atoms with Gasteiger partial charge in [-0.3, -0.25) is 0 Å². The van der Waals surface area contributed by atoms with Crippen molar-refractivity contribution in [2.45, 2.75) is 26.3 Å². The zero-order valence-electron chi connectivity index (χ0n) is 11.2. The molecule has 0 aliphatic heterocycles. The zero-order chi connectivity index (χ0) is 13.6. The summed E-state index contributed by atoms with van der Waals surface area (Å²) >= 11 is 1.79. The van der Waals surface area contributed by atoms with Gasteiger partial charge < -0.3 is 9.30 Å². The lowest BCUT2D eigenvalue weighted by Crippen LogP contribution is -2.26. The third kappa shape index (κ3) is 1.80. The molecule has 2 aromatic heterocycles. The maximum Gasteiger partial charge on any atom is 0.356 e. The minimum absolute atomic E-state index is 0.0753. The second-order valence-corrected chi connectivity index (χ2v) is 6.55. The van der Waals surface area contributed by atoms with E-state index in [0.29, 0.717) is 5.69 Å². The molecule has 1 aliphatic rings. The lowest BCUT2D eigenvalue weighted by molar-refractivity contribution is 0.0583. The van der Waals surface area contributed by atoms with Crippen LogP contribution in [0.5, 0.6) is 0 Å². The number of ether oxygens (including phenoxy) is 1. The first-order valence-corrected chi connectivity index (χ1v) is 7.09. The summed E-state index contributed by atoms with van der Waals surface area (Å²) in [6, 6.07) is 2.30. The highest BCUT2D eigenvalue weighted by Gasteiger charge is 2.42. The van der Waals surface area contributed by atoms with E-state index in [1.165, 1.54) is 17.6 Å². The van der Waals surface area contributed by atoms with Crippen molar-refractivity contribution in [2.75, 3.05) is 7.11 Å². The molecule has 1 unspecified atom stereocenters. The summed E-state index contributed by atoms with van der Waals surface area (Å²) in [6.07, 6.45) is 4.33. The van der Waals surface area contributed by atoms with E-state index in [1.807, 2.05) is 4.57 Å². The topological polar surface area (TPSA) is 44.1 Å². The van der Waals surface area contributed by atoms with Gasteiger partial charge in [-0.1, -0.05) is 13.8 Å². The molecule has 0 radical (unpaired) electrons. The van der Waals surface area contributed by atoms with Crippen molar-refractivity contribution < 1.29 is 9.53 Å². The van der Waals surface area contributed by atoms with Gasteiger partial charge in [-0.05, 0) is 28.8 Å². The smallest absolute Gasteiger partial charge is 0.356 e. The Morgan fingerprint density at radius 1 is 1.58 bits per heavy atom. The van der Waals surface area contributed by atoms with Gasteiger partial charge in [-0.2, -0.15) is 0 Å². The minimum atomic E-state index is -0.336. The molecule has 1 aliphatic carbocycles. The van der Waals surface area contributed by atoms with Crippen molar-refractivity contribution in [1.29, 1.82) is 0 Å². The van der Waals surface area contributed by atoms with Crippen molar-refractivity contribution in [3.63, 3.8) is 0 Å². The first kappa shape index (κ1) is 12.4. The predicted octanol–water partition coefficient (Wildman–Crippen LogP) is 2.90. The molecule has 100 valence electrons. The van der Waals surface area contributed by atoms with Gasteiger partial charge >= 0.3 is 5.97 Å². The first-order chi connectivity index (χ1) is 9.04. The Bertz CT molecular complexity index is 627. The monoisotopic (exact) mass is 276 g/mol. The molecule has 3 rings (SSSR count). The van der Waals surface area contributed by atoms with E-state index in [0.717, 1.165) is 6.42 Å². The van der Waals surface area contributed by atoms with E-state index in [2.05, 4.69) is 30.3 Å². The Hall–Kier alpha value is -1.62. The summed E-state index contributed by atoms with van der Waals surface area (Å²) in [5, 5.41) is 2.11. The number of methoxy groups -OCH3 is 1. The zero-order valence-corrected chi connectivity index (χ0v) is 12.0. The third-order valence-corrected chi connectivity index (χ3v) is 4.71. The van der Waals surface area contributed by atoms with Gasteiger partial charge in [0, 0.05) is 4.88 Å². The first-order valence-electron chi connectivity index (χ1n) is 6.21. The number of nitrogens with zero attached hydrogens (tertiary/aromatic N) is 2. The fraction of sp³-hybridized carbons (Fsp3) is 0.429. The molecule has 2 aromatic rings. The molecule has 0 saturated carbocycles. The highest BCUT2D eigenvalue weighted by molar-refractivity contribution is 7.10. The van der Waals surface area contributed by atoms with Crippen LogP contribution in [0, 0.1) is 5.41 Å². The quantitative estimate of drug-likeness (QED) is 0.792. The minimum Gasteiger partial charge on any atom is -0.464 e. The average molecular weight is 276 g/mol. The number of carbonyl (C=O) groups is 1. The molecular weight excluding hydrogens is 260 g/mol. The van der Waals surface area contributed by atoms with Crippen LogP contribution in [0.3, 0.4) is 0 Å². The normalized spacial score (nSPS) is 20.3. The van der Waals surface area contributed by atoms with Gasteiger partial charge in [0.2, 0.25) is 0 Å². The Morgan fingerprint density at radius 2 is 2.37 bits per heavy atom. The summed E-state index contributed by atoms with van der Waals surface area (Å²) in [4.78, 5) is 17.4. The van der Waals surface area contributed by atoms with Crippen LogP contribution in [0.25, 0.3) is 0 Å². The highest BCUT2D eigenvalue weighted by Crippen LogP contribution is 2.49. The van der Waals surface area contributed by atoms with Crippen LogP contribution < -0.4 is 0 Å². The molecule has 0 fully saturated rings. The van der Waals surface area contributed by atoms with Crippen molar-refractivity contribution in [3.8, 4) is 0 Å². The van der Waals surface area contributed by atoms with Gasteiger partial charge in [0.15, 0.2) is 0 Å². The Kier molecular flexibility index (Phi) is 2.74. The Labute approximate surface area is 116 Å². The summed E-state index contributed by atoms with van der Waals surface area (Å²) in [7, 11) is 1.40. The molecule has 0 bridgehead atoms. The second-order valence-electron chi connectivity index (χ2n) is 5.54. The summed E-state index contributed by atoms with van der Waals surface area (Å²) in [6.45, 7) is 4.46. The van der Waals surface area contributed by atoms with Crippen LogP contribution in [-0.4, -0.2) is 22.6 Å². The average Bonchev–Trinajstić information content (AvgIpc) is 3.01. The van der Waals surface area contributed by atoms with Gasteiger partial charge in [0.1, 0.15) is 5.69 Å². The van der Waals surface area contributed by atoms with Crippen LogP contribution in [0.1, 0.15) is 40.8 Å². The molecule has 19 heavy (non-hydrogen) atoms. The number of esters is 1. The van der Waals surface area contributed by atoms with Gasteiger partial charge in [0.25, 0.3) is 0 Å². The summed E-state index contributed by atoms with van der Waals surface area (Å²) in [5.74, 6) is -0.336. The van der Waals surface area contributed by atoms with Crippen LogP contribution in [0.4, 0.5) is 0 Å². The van der Waals surface area contributed by atoms with Gasteiger partial charge in [0.05, 0.1) is 25.7 Å². The lowest BCUT2D eigenvalue weighted by Gasteiger charge is -2.29. The number of carbonyl (C=O) groups excluding carboxylic acids is 1. The van der Waals surface area contributed by atoms with Crippen molar-refractivity contribution in [2.24, 2.45) is 5.41 Å². The SMILES string of the molecule is COC(=O)c1cncn1C1c2ccsc2CC1(C)C. The molecule has 0 spiro atoms. The van der Waals surface area contributed by atoms with Crippen molar-refractivity contribution >= 4 is 17.3 Å². The van der Waals surface area contributed by atoms with Crippen LogP contribution in [-0.2, 0) is 11.2 Å². The molecule has 2 heterocycles. The maximum absolute atomic E-state index is 11.8. The molecule has 4 nitrogen and oxygen atoms in total. The van der Waals surface area contributed by atoms with E-state index in [1.54, 1.807) is 23.9 Å². The fourth-order valence-electron chi connectivity index (χ4n) is 2.97. The molecule has 0 amide bonds.